The van der Waals surface area contributed by atoms with Gasteiger partial charge >= 0.3 is 0 Å². The number of thioether (sulfide) groups is 1. The minimum Gasteiger partial charge on any atom is -0.325 e. The van der Waals surface area contributed by atoms with E-state index in [1.54, 1.807) is 24.3 Å². The maximum absolute atomic E-state index is 13.8. The van der Waals surface area contributed by atoms with Gasteiger partial charge in [0.05, 0.1) is 10.6 Å². The fourth-order valence-electron chi connectivity index (χ4n) is 2.79. The second kappa shape index (κ2) is 9.32. The van der Waals surface area contributed by atoms with Crippen LogP contribution < -0.4 is 9.62 Å². The zero-order chi connectivity index (χ0) is 21.7. The van der Waals surface area contributed by atoms with Crippen LogP contribution in [-0.2, 0) is 14.8 Å². The van der Waals surface area contributed by atoms with Gasteiger partial charge in [0.25, 0.3) is 10.0 Å². The highest BCUT2D eigenvalue weighted by Gasteiger charge is 2.27. The number of halogens is 1. The number of carbonyl (C=O) groups excluding carboxylic acids is 1. The SMILES string of the molecule is CSc1ccc(S(=O)(=O)N(CC(=O)Nc2ccc(C)cc2)c2cccc(F)c2)cc1. The molecule has 8 heteroatoms. The van der Waals surface area contributed by atoms with Crippen molar-refractivity contribution in [2.24, 2.45) is 0 Å². The van der Waals surface area contributed by atoms with E-state index in [1.165, 1.54) is 42.1 Å². The minimum atomic E-state index is -4.09. The normalized spacial score (nSPS) is 11.2. The molecule has 156 valence electrons. The van der Waals surface area contributed by atoms with Gasteiger partial charge in [0.1, 0.15) is 12.4 Å². The summed E-state index contributed by atoms with van der Waals surface area (Å²) in [6.07, 6.45) is 1.89. The van der Waals surface area contributed by atoms with Crippen molar-refractivity contribution in [2.45, 2.75) is 16.7 Å². The molecule has 0 atom stereocenters. The monoisotopic (exact) mass is 444 g/mol. The van der Waals surface area contributed by atoms with Crippen LogP contribution in [-0.4, -0.2) is 27.1 Å². The van der Waals surface area contributed by atoms with Crippen LogP contribution >= 0.6 is 11.8 Å². The van der Waals surface area contributed by atoms with Crippen LogP contribution in [0, 0.1) is 12.7 Å². The fraction of sp³-hybridized carbons (Fsp3) is 0.136. The number of hydrogen-bond donors (Lipinski definition) is 1. The highest BCUT2D eigenvalue weighted by atomic mass is 32.2. The Balaban J connectivity index is 1.93. The van der Waals surface area contributed by atoms with Crippen molar-refractivity contribution in [3.63, 3.8) is 0 Å². The third-order valence-electron chi connectivity index (χ3n) is 4.37. The summed E-state index contributed by atoms with van der Waals surface area (Å²) in [5.41, 5.74) is 1.65. The van der Waals surface area contributed by atoms with Crippen LogP contribution in [0.15, 0.2) is 82.6 Å². The minimum absolute atomic E-state index is 0.0210. The summed E-state index contributed by atoms with van der Waals surface area (Å²) in [6.45, 7) is 1.43. The first-order chi connectivity index (χ1) is 14.3. The third-order valence-corrected chi connectivity index (χ3v) is 6.90. The number of amides is 1. The summed E-state index contributed by atoms with van der Waals surface area (Å²) in [4.78, 5) is 13.6. The quantitative estimate of drug-likeness (QED) is 0.537. The van der Waals surface area contributed by atoms with Crippen LogP contribution in [0.1, 0.15) is 5.56 Å². The molecule has 0 spiro atoms. The molecule has 1 N–H and O–H groups in total. The van der Waals surface area contributed by atoms with Gasteiger partial charge in [-0.1, -0.05) is 23.8 Å². The van der Waals surface area contributed by atoms with Gasteiger partial charge in [-0.25, -0.2) is 12.8 Å². The Labute approximate surface area is 180 Å². The molecule has 1 amide bonds. The molecule has 0 bridgehead atoms. The Morgan fingerprint density at radius 3 is 2.30 bits per heavy atom. The highest BCUT2D eigenvalue weighted by Crippen LogP contribution is 2.26. The molecule has 0 fully saturated rings. The fourth-order valence-corrected chi connectivity index (χ4v) is 4.61. The summed E-state index contributed by atoms with van der Waals surface area (Å²) in [6, 6.07) is 18.6. The average Bonchev–Trinajstić information content (AvgIpc) is 2.73. The Bertz CT molecular complexity index is 1130. The van der Waals surface area contributed by atoms with Crippen molar-refractivity contribution in [3.05, 3.63) is 84.2 Å². The van der Waals surface area contributed by atoms with Gasteiger partial charge in [0.15, 0.2) is 0 Å². The molecule has 0 saturated carbocycles. The van der Waals surface area contributed by atoms with Crippen LogP contribution in [0.25, 0.3) is 0 Å². The van der Waals surface area contributed by atoms with Crippen molar-refractivity contribution < 1.29 is 17.6 Å². The first-order valence-electron chi connectivity index (χ1n) is 9.08. The third kappa shape index (κ3) is 5.20. The van der Waals surface area contributed by atoms with Crippen LogP contribution in [0.4, 0.5) is 15.8 Å². The summed E-state index contributed by atoms with van der Waals surface area (Å²) >= 11 is 1.49. The number of rotatable bonds is 7. The summed E-state index contributed by atoms with van der Waals surface area (Å²) < 4.78 is 41.3. The molecule has 0 saturated heterocycles. The van der Waals surface area contributed by atoms with Gasteiger partial charge in [0.2, 0.25) is 5.91 Å². The van der Waals surface area contributed by atoms with E-state index in [1.807, 2.05) is 25.3 Å². The van der Waals surface area contributed by atoms with Gasteiger partial charge in [-0.3, -0.25) is 9.10 Å². The Kier molecular flexibility index (Phi) is 6.79. The van der Waals surface area contributed by atoms with Crippen LogP contribution in [0.3, 0.4) is 0 Å². The molecular weight excluding hydrogens is 423 g/mol. The molecule has 30 heavy (non-hydrogen) atoms. The van der Waals surface area contributed by atoms with Gasteiger partial charge in [0, 0.05) is 10.6 Å². The first kappa shape index (κ1) is 21.9. The van der Waals surface area contributed by atoms with E-state index in [0.717, 1.165) is 20.8 Å². The molecule has 0 aliphatic rings. The average molecular weight is 445 g/mol. The topological polar surface area (TPSA) is 66.5 Å². The predicted octanol–water partition coefficient (Wildman–Crippen LogP) is 4.69. The lowest BCUT2D eigenvalue weighted by Crippen LogP contribution is -2.38. The van der Waals surface area contributed by atoms with Crippen molar-refractivity contribution in [3.8, 4) is 0 Å². The molecule has 0 unspecified atom stereocenters. The van der Waals surface area contributed by atoms with E-state index in [9.17, 15) is 17.6 Å². The number of nitrogens with zero attached hydrogens (tertiary/aromatic N) is 1. The van der Waals surface area contributed by atoms with Crippen molar-refractivity contribution in [1.29, 1.82) is 0 Å². The maximum Gasteiger partial charge on any atom is 0.264 e. The van der Waals surface area contributed by atoms with Crippen LogP contribution in [0.2, 0.25) is 0 Å². The molecule has 0 aromatic heterocycles. The Hall–Kier alpha value is -2.84. The van der Waals surface area contributed by atoms with E-state index in [4.69, 9.17) is 0 Å². The molecule has 0 aliphatic carbocycles. The number of anilines is 2. The molecule has 0 heterocycles. The van der Waals surface area contributed by atoms with E-state index in [-0.39, 0.29) is 10.6 Å². The summed E-state index contributed by atoms with van der Waals surface area (Å²) in [5, 5.41) is 2.68. The highest BCUT2D eigenvalue weighted by molar-refractivity contribution is 7.98. The molecule has 3 aromatic carbocycles. The van der Waals surface area contributed by atoms with E-state index in [0.29, 0.717) is 5.69 Å². The lowest BCUT2D eigenvalue weighted by atomic mass is 10.2. The lowest BCUT2D eigenvalue weighted by Gasteiger charge is -2.24. The van der Waals surface area contributed by atoms with Gasteiger partial charge in [-0.15, -0.1) is 11.8 Å². The number of benzene rings is 3. The van der Waals surface area contributed by atoms with Crippen LogP contribution in [0.5, 0.6) is 0 Å². The maximum atomic E-state index is 13.8. The lowest BCUT2D eigenvalue weighted by molar-refractivity contribution is -0.114. The van der Waals surface area contributed by atoms with E-state index < -0.39 is 28.3 Å². The Morgan fingerprint density at radius 1 is 1.03 bits per heavy atom. The van der Waals surface area contributed by atoms with Crippen molar-refractivity contribution in [2.75, 3.05) is 22.4 Å². The number of carbonyl (C=O) groups is 1. The molecule has 3 aromatic rings. The molecule has 0 aliphatic heterocycles. The molecular formula is C22H21FN2O3S2. The number of nitrogens with one attached hydrogen (secondary N) is 1. The standard InChI is InChI=1S/C22H21FN2O3S2/c1-16-6-8-18(9-7-16)24-22(26)15-25(19-5-3-4-17(23)14-19)30(27,28)21-12-10-20(29-2)11-13-21/h3-14H,15H2,1-2H3,(H,24,26). The Morgan fingerprint density at radius 2 is 1.70 bits per heavy atom. The van der Waals surface area contributed by atoms with Gasteiger partial charge in [-0.2, -0.15) is 0 Å². The van der Waals surface area contributed by atoms with Gasteiger partial charge in [-0.05, 0) is 67.8 Å². The number of hydrogen-bond acceptors (Lipinski definition) is 4. The number of sulfonamides is 1. The zero-order valence-electron chi connectivity index (χ0n) is 16.5. The van der Waals surface area contributed by atoms with E-state index >= 15 is 0 Å². The van der Waals surface area contributed by atoms with E-state index in [2.05, 4.69) is 5.32 Å². The van der Waals surface area contributed by atoms with Crippen molar-refractivity contribution in [1.82, 2.24) is 0 Å². The van der Waals surface area contributed by atoms with Gasteiger partial charge < -0.3 is 5.32 Å². The molecule has 3 rings (SSSR count). The summed E-state index contributed by atoms with van der Waals surface area (Å²) in [7, 11) is -4.09. The molecule has 5 nitrogen and oxygen atoms in total. The smallest absolute Gasteiger partial charge is 0.264 e. The first-order valence-corrected chi connectivity index (χ1v) is 11.7. The summed E-state index contributed by atoms with van der Waals surface area (Å²) in [5.74, 6) is -1.13. The molecule has 0 radical (unpaired) electrons. The largest absolute Gasteiger partial charge is 0.325 e. The number of aryl methyl sites for hydroxylation is 1. The van der Waals surface area contributed by atoms with Crippen molar-refractivity contribution >= 4 is 39.1 Å². The second-order valence-electron chi connectivity index (χ2n) is 6.58. The predicted molar refractivity (Wildman–Crippen MR) is 119 cm³/mol. The zero-order valence-corrected chi connectivity index (χ0v) is 18.1. The second-order valence-corrected chi connectivity index (χ2v) is 9.32.